The topological polar surface area (TPSA) is 77.9 Å². The number of likely N-dealkylation sites (tertiary alicyclic amines) is 2. The first kappa shape index (κ1) is 20.3. The molecule has 29 heavy (non-hydrogen) atoms. The minimum absolute atomic E-state index is 0.00334. The lowest BCUT2D eigenvalue weighted by molar-refractivity contribution is -0.122. The van der Waals surface area contributed by atoms with Gasteiger partial charge in [-0.25, -0.2) is 4.98 Å². The van der Waals surface area contributed by atoms with Crippen molar-refractivity contribution in [2.45, 2.75) is 13.1 Å². The lowest BCUT2D eigenvalue weighted by Gasteiger charge is -2.27. The standard InChI is InChI=1S/C21H28N4O3S/c1-28-18-5-3-2-4-16(18)8-23-19(27)11-24-9-17-10-25(12-20-22-6-7-29-20)14-21(17,13-24)15-26/h2-7,17,26H,8-15H2,1H3,(H,23,27). The molecule has 1 aromatic heterocycles. The molecule has 0 bridgehead atoms. The molecule has 0 spiro atoms. The highest BCUT2D eigenvalue weighted by molar-refractivity contribution is 7.09. The minimum atomic E-state index is -0.139. The van der Waals surface area contributed by atoms with E-state index in [0.717, 1.165) is 49.0 Å². The van der Waals surface area contributed by atoms with Crippen molar-refractivity contribution in [3.05, 3.63) is 46.4 Å². The number of benzene rings is 1. The van der Waals surface area contributed by atoms with E-state index in [4.69, 9.17) is 4.74 Å². The average molecular weight is 417 g/mol. The number of aromatic nitrogens is 1. The van der Waals surface area contributed by atoms with Crippen LogP contribution in [0.15, 0.2) is 35.8 Å². The van der Waals surface area contributed by atoms with Crippen LogP contribution in [0.3, 0.4) is 0 Å². The zero-order valence-corrected chi connectivity index (χ0v) is 17.5. The van der Waals surface area contributed by atoms with E-state index >= 15 is 0 Å². The van der Waals surface area contributed by atoms with E-state index in [1.165, 1.54) is 0 Å². The van der Waals surface area contributed by atoms with E-state index in [1.54, 1.807) is 18.4 Å². The number of nitrogens with zero attached hydrogens (tertiary/aromatic N) is 3. The number of hydrogen-bond acceptors (Lipinski definition) is 7. The van der Waals surface area contributed by atoms with Crippen LogP contribution in [0.5, 0.6) is 5.75 Å². The Labute approximate surface area is 175 Å². The van der Waals surface area contributed by atoms with Crippen molar-refractivity contribution in [1.82, 2.24) is 20.1 Å². The molecule has 1 amide bonds. The van der Waals surface area contributed by atoms with Gasteiger partial charge in [0.1, 0.15) is 10.8 Å². The molecular formula is C21H28N4O3S. The molecule has 0 radical (unpaired) electrons. The first-order valence-corrected chi connectivity index (χ1v) is 10.8. The van der Waals surface area contributed by atoms with Crippen LogP contribution in [0.4, 0.5) is 0 Å². The SMILES string of the molecule is COc1ccccc1CNC(=O)CN1CC2CN(Cc3nccs3)CC2(CO)C1. The summed E-state index contributed by atoms with van der Waals surface area (Å²) in [6.45, 7) is 5.21. The largest absolute Gasteiger partial charge is 0.496 e. The lowest BCUT2D eigenvalue weighted by Crippen LogP contribution is -2.40. The summed E-state index contributed by atoms with van der Waals surface area (Å²) in [5, 5.41) is 16.3. The second kappa shape index (κ2) is 8.79. The second-order valence-corrected chi connectivity index (χ2v) is 9.05. The molecule has 7 nitrogen and oxygen atoms in total. The van der Waals surface area contributed by atoms with E-state index in [2.05, 4.69) is 20.1 Å². The summed E-state index contributed by atoms with van der Waals surface area (Å²) in [5.41, 5.74) is 0.825. The Balaban J connectivity index is 1.29. The number of nitrogens with one attached hydrogen (secondary N) is 1. The van der Waals surface area contributed by atoms with Crippen molar-refractivity contribution in [1.29, 1.82) is 0 Å². The summed E-state index contributed by atoms with van der Waals surface area (Å²) in [5.74, 6) is 1.17. The van der Waals surface area contributed by atoms with Crippen LogP contribution in [0.2, 0.25) is 0 Å². The van der Waals surface area contributed by atoms with Gasteiger partial charge in [-0.2, -0.15) is 0 Å². The molecule has 8 heteroatoms. The van der Waals surface area contributed by atoms with E-state index in [9.17, 15) is 9.90 Å². The van der Waals surface area contributed by atoms with E-state index < -0.39 is 0 Å². The van der Waals surface area contributed by atoms with Gasteiger partial charge < -0.3 is 15.2 Å². The molecule has 156 valence electrons. The molecule has 0 saturated carbocycles. The van der Waals surface area contributed by atoms with Crippen LogP contribution in [0.25, 0.3) is 0 Å². The fourth-order valence-corrected chi connectivity index (χ4v) is 5.35. The first-order chi connectivity index (χ1) is 14.1. The van der Waals surface area contributed by atoms with Crippen molar-refractivity contribution in [3.63, 3.8) is 0 Å². The van der Waals surface area contributed by atoms with Gasteiger partial charge in [-0.3, -0.25) is 14.6 Å². The van der Waals surface area contributed by atoms with Crippen LogP contribution in [0.1, 0.15) is 10.6 Å². The maximum absolute atomic E-state index is 12.5. The Kier molecular flexibility index (Phi) is 6.15. The quantitative estimate of drug-likeness (QED) is 0.673. The maximum Gasteiger partial charge on any atom is 0.234 e. The Morgan fingerprint density at radius 3 is 2.86 bits per heavy atom. The van der Waals surface area contributed by atoms with Gasteiger partial charge in [-0.05, 0) is 12.0 Å². The number of ether oxygens (including phenoxy) is 1. The summed E-state index contributed by atoms with van der Waals surface area (Å²) >= 11 is 1.67. The number of aliphatic hydroxyl groups excluding tert-OH is 1. The number of carbonyl (C=O) groups is 1. The molecule has 4 rings (SSSR count). The fourth-order valence-electron chi connectivity index (χ4n) is 4.69. The van der Waals surface area contributed by atoms with Gasteiger partial charge >= 0.3 is 0 Å². The Morgan fingerprint density at radius 2 is 2.14 bits per heavy atom. The van der Waals surface area contributed by atoms with Gasteiger partial charge in [-0.15, -0.1) is 11.3 Å². The summed E-state index contributed by atoms with van der Waals surface area (Å²) in [6.07, 6.45) is 1.84. The molecule has 2 atom stereocenters. The number of methoxy groups -OCH3 is 1. The average Bonchev–Trinajstić information content (AvgIpc) is 3.42. The number of aliphatic hydroxyl groups is 1. The third kappa shape index (κ3) is 4.45. The Morgan fingerprint density at radius 1 is 1.34 bits per heavy atom. The molecule has 2 N–H and O–H groups in total. The zero-order valence-electron chi connectivity index (χ0n) is 16.7. The Hall–Kier alpha value is -2.00. The predicted molar refractivity (Wildman–Crippen MR) is 112 cm³/mol. The van der Waals surface area contributed by atoms with Gasteiger partial charge in [0.05, 0.1) is 26.8 Å². The van der Waals surface area contributed by atoms with Crippen LogP contribution in [-0.4, -0.2) is 72.2 Å². The van der Waals surface area contributed by atoms with Crippen molar-refractivity contribution < 1.29 is 14.6 Å². The normalized spacial score (nSPS) is 24.6. The van der Waals surface area contributed by atoms with Gasteiger partial charge in [0.15, 0.2) is 0 Å². The van der Waals surface area contributed by atoms with Crippen molar-refractivity contribution >= 4 is 17.2 Å². The van der Waals surface area contributed by atoms with E-state index in [1.807, 2.05) is 35.8 Å². The molecular weight excluding hydrogens is 388 g/mol. The van der Waals surface area contributed by atoms with E-state index in [0.29, 0.717) is 19.0 Å². The fraction of sp³-hybridized carbons (Fsp3) is 0.524. The van der Waals surface area contributed by atoms with Gasteiger partial charge in [0.25, 0.3) is 0 Å². The molecule has 0 aliphatic carbocycles. The molecule has 2 aliphatic heterocycles. The number of para-hydroxylation sites is 1. The highest BCUT2D eigenvalue weighted by Crippen LogP contribution is 2.42. The summed E-state index contributed by atoms with van der Waals surface area (Å²) < 4.78 is 5.34. The number of hydrogen-bond donors (Lipinski definition) is 2. The van der Waals surface area contributed by atoms with Gasteiger partial charge in [0, 0.05) is 55.3 Å². The summed E-state index contributed by atoms with van der Waals surface area (Å²) in [7, 11) is 1.63. The lowest BCUT2D eigenvalue weighted by atomic mass is 9.82. The van der Waals surface area contributed by atoms with Crippen LogP contribution < -0.4 is 10.1 Å². The molecule has 1 aromatic carbocycles. The van der Waals surface area contributed by atoms with Crippen molar-refractivity contribution in [2.24, 2.45) is 11.3 Å². The summed E-state index contributed by atoms with van der Waals surface area (Å²) in [4.78, 5) is 21.4. The van der Waals surface area contributed by atoms with Crippen LogP contribution >= 0.6 is 11.3 Å². The third-order valence-electron chi connectivity index (χ3n) is 6.09. The highest BCUT2D eigenvalue weighted by Gasteiger charge is 2.52. The monoisotopic (exact) mass is 416 g/mol. The number of thiazole rings is 1. The molecule has 3 heterocycles. The number of carbonyl (C=O) groups excluding carboxylic acids is 1. The molecule has 2 aliphatic rings. The smallest absolute Gasteiger partial charge is 0.234 e. The zero-order chi connectivity index (χ0) is 20.3. The molecule has 2 saturated heterocycles. The van der Waals surface area contributed by atoms with Crippen LogP contribution in [0, 0.1) is 11.3 Å². The van der Waals surface area contributed by atoms with Crippen molar-refractivity contribution in [2.75, 3.05) is 46.4 Å². The minimum Gasteiger partial charge on any atom is -0.496 e. The molecule has 2 unspecified atom stereocenters. The molecule has 2 aromatic rings. The number of fused-ring (bicyclic) bond motifs is 1. The summed E-state index contributed by atoms with van der Waals surface area (Å²) in [6, 6.07) is 7.70. The van der Waals surface area contributed by atoms with Gasteiger partial charge in [-0.1, -0.05) is 18.2 Å². The second-order valence-electron chi connectivity index (χ2n) is 8.07. The van der Waals surface area contributed by atoms with Crippen LogP contribution in [-0.2, 0) is 17.9 Å². The number of amides is 1. The Bertz CT molecular complexity index is 831. The predicted octanol–water partition coefficient (Wildman–Crippen LogP) is 1.19. The van der Waals surface area contributed by atoms with E-state index in [-0.39, 0.29) is 17.9 Å². The van der Waals surface area contributed by atoms with Crippen molar-refractivity contribution in [3.8, 4) is 5.75 Å². The maximum atomic E-state index is 12.5. The highest BCUT2D eigenvalue weighted by atomic mass is 32.1. The van der Waals surface area contributed by atoms with Gasteiger partial charge in [0.2, 0.25) is 5.91 Å². The first-order valence-electron chi connectivity index (χ1n) is 9.94. The molecule has 2 fully saturated rings. The number of rotatable bonds is 8. The third-order valence-corrected chi connectivity index (χ3v) is 6.86.